The summed E-state index contributed by atoms with van der Waals surface area (Å²) in [6.45, 7) is 6.67. The van der Waals surface area contributed by atoms with Crippen molar-refractivity contribution in [2.45, 2.75) is 51.0 Å². The van der Waals surface area contributed by atoms with E-state index in [1.165, 1.54) is 16.7 Å². The van der Waals surface area contributed by atoms with Crippen molar-refractivity contribution in [1.29, 1.82) is 0 Å². The first-order valence-electron chi connectivity index (χ1n) is 10.1. The lowest BCUT2D eigenvalue weighted by atomic mass is 9.80. The van der Waals surface area contributed by atoms with Gasteiger partial charge in [0.1, 0.15) is 0 Å². The Morgan fingerprint density at radius 2 is 1.81 bits per heavy atom. The summed E-state index contributed by atoms with van der Waals surface area (Å²) in [7, 11) is 2.18. The molecule has 0 atom stereocenters. The lowest BCUT2D eigenvalue weighted by Crippen LogP contribution is -2.51. The Labute approximate surface area is 163 Å². The van der Waals surface area contributed by atoms with Gasteiger partial charge in [-0.25, -0.2) is 0 Å². The highest BCUT2D eigenvalue weighted by atomic mass is 16.2. The molecule has 1 fully saturated rings. The summed E-state index contributed by atoms with van der Waals surface area (Å²) < 4.78 is 0. The third-order valence-electron chi connectivity index (χ3n) is 6.24. The van der Waals surface area contributed by atoms with Gasteiger partial charge in [-0.05, 0) is 62.9 Å². The second-order valence-corrected chi connectivity index (χ2v) is 8.79. The summed E-state index contributed by atoms with van der Waals surface area (Å²) in [5, 5.41) is 0. The Bertz CT molecular complexity index is 822. The number of hydrogen-bond donors (Lipinski definition) is 0. The van der Waals surface area contributed by atoms with Crippen molar-refractivity contribution >= 4 is 11.6 Å². The molecule has 0 bridgehead atoms. The first kappa shape index (κ1) is 18.2. The van der Waals surface area contributed by atoms with Crippen molar-refractivity contribution in [3.05, 3.63) is 65.2 Å². The van der Waals surface area contributed by atoms with Crippen LogP contribution in [0.4, 0.5) is 5.69 Å². The zero-order valence-electron chi connectivity index (χ0n) is 16.7. The maximum Gasteiger partial charge on any atom is 0.227 e. The van der Waals surface area contributed by atoms with Crippen molar-refractivity contribution in [3.8, 4) is 0 Å². The van der Waals surface area contributed by atoms with Gasteiger partial charge in [0.2, 0.25) is 5.91 Å². The fourth-order valence-corrected chi connectivity index (χ4v) is 4.70. The van der Waals surface area contributed by atoms with Gasteiger partial charge < -0.3 is 9.80 Å². The summed E-state index contributed by atoms with van der Waals surface area (Å²) in [4.78, 5) is 17.7. The van der Waals surface area contributed by atoms with Gasteiger partial charge in [0.05, 0.1) is 0 Å². The van der Waals surface area contributed by atoms with Crippen LogP contribution in [0.15, 0.2) is 48.5 Å². The first-order valence-corrected chi connectivity index (χ1v) is 10.1. The number of nitrogens with zero attached hydrogens (tertiary/aromatic N) is 2. The minimum absolute atomic E-state index is 0.129. The third-order valence-corrected chi connectivity index (χ3v) is 6.24. The zero-order valence-corrected chi connectivity index (χ0v) is 16.7. The molecule has 3 heteroatoms. The monoisotopic (exact) mass is 362 g/mol. The van der Waals surface area contributed by atoms with Crippen LogP contribution in [0.5, 0.6) is 0 Å². The van der Waals surface area contributed by atoms with Gasteiger partial charge in [-0.2, -0.15) is 0 Å². The van der Waals surface area contributed by atoms with Crippen LogP contribution in [0.1, 0.15) is 49.3 Å². The zero-order chi connectivity index (χ0) is 19.0. The number of carbonyl (C=O) groups is 1. The molecule has 1 amide bonds. The van der Waals surface area contributed by atoms with Gasteiger partial charge in [0, 0.05) is 36.7 Å². The molecule has 3 nitrogen and oxygen atoms in total. The Morgan fingerprint density at radius 1 is 1.07 bits per heavy atom. The van der Waals surface area contributed by atoms with E-state index in [0.717, 1.165) is 38.0 Å². The van der Waals surface area contributed by atoms with Crippen molar-refractivity contribution in [1.82, 2.24) is 4.90 Å². The number of carbonyl (C=O) groups excluding carboxylic acids is 1. The molecule has 2 aromatic carbocycles. The van der Waals surface area contributed by atoms with Crippen molar-refractivity contribution in [2.24, 2.45) is 0 Å². The molecule has 4 rings (SSSR count). The Kier molecular flexibility index (Phi) is 4.81. The highest BCUT2D eigenvalue weighted by Gasteiger charge is 2.39. The molecule has 2 aliphatic rings. The maximum absolute atomic E-state index is 13.3. The molecule has 2 aliphatic heterocycles. The van der Waals surface area contributed by atoms with Gasteiger partial charge in [-0.1, -0.05) is 42.5 Å². The fourth-order valence-electron chi connectivity index (χ4n) is 4.70. The number of benzene rings is 2. The largest absolute Gasteiger partial charge is 0.307 e. The highest BCUT2D eigenvalue weighted by molar-refractivity contribution is 5.96. The third kappa shape index (κ3) is 3.53. The Morgan fingerprint density at radius 3 is 2.52 bits per heavy atom. The van der Waals surface area contributed by atoms with Crippen LogP contribution in [0.2, 0.25) is 0 Å². The lowest BCUT2D eigenvalue weighted by Gasteiger charge is -2.46. The molecule has 142 valence electrons. The van der Waals surface area contributed by atoms with Gasteiger partial charge in [-0.3, -0.25) is 4.79 Å². The molecule has 0 aromatic heterocycles. The van der Waals surface area contributed by atoms with E-state index in [4.69, 9.17) is 0 Å². The number of fused-ring (bicyclic) bond motifs is 1. The average Bonchev–Trinajstić information content (AvgIpc) is 2.63. The van der Waals surface area contributed by atoms with Gasteiger partial charge in [-0.15, -0.1) is 0 Å². The summed E-state index contributed by atoms with van der Waals surface area (Å²) in [6.07, 6.45) is 3.45. The SMILES string of the molecule is CN1CC(c2cccc3c2CCC(C)(C)N3C(=O)CCc2ccccc2)C1. The molecule has 0 unspecified atom stereocenters. The van der Waals surface area contributed by atoms with Crippen LogP contribution in [0.25, 0.3) is 0 Å². The summed E-state index contributed by atoms with van der Waals surface area (Å²) in [6, 6.07) is 16.9. The molecular formula is C24H30N2O. The van der Waals surface area contributed by atoms with Crippen LogP contribution in [0, 0.1) is 0 Å². The summed E-state index contributed by atoms with van der Waals surface area (Å²) in [5.74, 6) is 0.861. The fraction of sp³-hybridized carbons (Fsp3) is 0.458. The molecule has 2 heterocycles. The first-order chi connectivity index (χ1) is 13.0. The van der Waals surface area contributed by atoms with Crippen molar-refractivity contribution in [3.63, 3.8) is 0 Å². The van der Waals surface area contributed by atoms with Gasteiger partial charge in [0.25, 0.3) is 0 Å². The van der Waals surface area contributed by atoms with E-state index in [1.54, 1.807) is 0 Å². The molecule has 27 heavy (non-hydrogen) atoms. The van der Waals surface area contributed by atoms with Crippen LogP contribution in [-0.2, 0) is 17.6 Å². The number of amides is 1. The van der Waals surface area contributed by atoms with Gasteiger partial charge in [0.15, 0.2) is 0 Å². The van der Waals surface area contributed by atoms with E-state index in [9.17, 15) is 4.79 Å². The molecule has 0 radical (unpaired) electrons. The maximum atomic E-state index is 13.3. The van der Waals surface area contributed by atoms with E-state index < -0.39 is 0 Å². The molecule has 1 saturated heterocycles. The Hall–Kier alpha value is -2.13. The van der Waals surface area contributed by atoms with E-state index >= 15 is 0 Å². The van der Waals surface area contributed by atoms with Crippen LogP contribution in [-0.4, -0.2) is 36.5 Å². The second-order valence-electron chi connectivity index (χ2n) is 8.79. The lowest BCUT2D eigenvalue weighted by molar-refractivity contribution is -0.119. The van der Waals surface area contributed by atoms with Crippen LogP contribution in [0.3, 0.4) is 0 Å². The Balaban J connectivity index is 1.60. The topological polar surface area (TPSA) is 23.6 Å². The van der Waals surface area contributed by atoms with E-state index in [-0.39, 0.29) is 11.4 Å². The van der Waals surface area contributed by atoms with E-state index in [1.807, 2.05) is 18.2 Å². The molecule has 0 saturated carbocycles. The standard InChI is InChI=1S/C24H30N2O/c1-24(2)15-14-21-20(19-16-25(3)17-19)10-7-11-22(21)26(24)23(27)13-12-18-8-5-4-6-9-18/h4-11,19H,12-17H2,1-3H3. The minimum Gasteiger partial charge on any atom is -0.307 e. The minimum atomic E-state index is -0.129. The molecule has 0 aliphatic carbocycles. The van der Waals surface area contributed by atoms with Crippen LogP contribution < -0.4 is 4.90 Å². The number of likely N-dealkylation sites (N-methyl/N-ethyl adjacent to an activating group) is 1. The molecular weight excluding hydrogens is 332 g/mol. The molecule has 0 N–H and O–H groups in total. The van der Waals surface area contributed by atoms with E-state index in [2.05, 4.69) is 61.0 Å². The number of rotatable bonds is 4. The predicted molar refractivity (Wildman–Crippen MR) is 111 cm³/mol. The van der Waals surface area contributed by atoms with Crippen molar-refractivity contribution < 1.29 is 4.79 Å². The summed E-state index contributed by atoms with van der Waals surface area (Å²) >= 11 is 0. The highest BCUT2D eigenvalue weighted by Crippen LogP contribution is 2.42. The van der Waals surface area contributed by atoms with Crippen molar-refractivity contribution in [2.75, 3.05) is 25.0 Å². The molecule has 0 spiro atoms. The normalized spacial score (nSPS) is 19.4. The van der Waals surface area contributed by atoms with Gasteiger partial charge >= 0.3 is 0 Å². The quantitative estimate of drug-likeness (QED) is 0.804. The number of hydrogen-bond acceptors (Lipinski definition) is 2. The number of anilines is 1. The average molecular weight is 363 g/mol. The number of aryl methyl sites for hydroxylation is 1. The summed E-state index contributed by atoms with van der Waals surface area (Å²) in [5.41, 5.74) is 5.11. The second kappa shape index (κ2) is 7.12. The predicted octanol–water partition coefficient (Wildman–Crippen LogP) is 4.41. The number of likely N-dealkylation sites (tertiary alicyclic amines) is 1. The van der Waals surface area contributed by atoms with Crippen LogP contribution >= 0.6 is 0 Å². The molecule has 2 aromatic rings. The van der Waals surface area contributed by atoms with E-state index in [0.29, 0.717) is 12.3 Å². The smallest absolute Gasteiger partial charge is 0.227 e.